The summed E-state index contributed by atoms with van der Waals surface area (Å²) in [5, 5.41) is 12.7. The molecule has 0 amide bonds. The summed E-state index contributed by atoms with van der Waals surface area (Å²) < 4.78 is 28.2. The molecule has 0 heterocycles. The number of nitrogens with one attached hydrogen (secondary N) is 1. The molecule has 0 fully saturated rings. The van der Waals surface area contributed by atoms with Crippen LogP contribution in [-0.2, 0) is 5.54 Å². The number of aryl methyl sites for hydroxylation is 1. The van der Waals surface area contributed by atoms with Crippen LogP contribution in [-0.4, -0.2) is 11.7 Å². The second kappa shape index (κ2) is 6.12. The van der Waals surface area contributed by atoms with Gasteiger partial charge in [0.1, 0.15) is 11.6 Å². The van der Waals surface area contributed by atoms with Gasteiger partial charge in [0.15, 0.2) is 0 Å². The second-order valence-corrected chi connectivity index (χ2v) is 6.17. The largest absolute Gasteiger partial charge is 0.394 e. The zero-order valence-corrected chi connectivity index (χ0v) is 13.3. The molecule has 2 aromatic carbocycles. The van der Waals surface area contributed by atoms with Crippen LogP contribution >= 0.6 is 15.9 Å². The second-order valence-electron chi connectivity index (χ2n) is 5.26. The maximum atomic E-state index is 14.1. The number of hydrogen-bond donors (Lipinski definition) is 2. The Kier molecular flexibility index (Phi) is 4.64. The highest BCUT2D eigenvalue weighted by molar-refractivity contribution is 9.10. The van der Waals surface area contributed by atoms with Crippen LogP contribution in [0.1, 0.15) is 18.1 Å². The summed E-state index contributed by atoms with van der Waals surface area (Å²) in [7, 11) is 0. The molecule has 0 aliphatic rings. The first-order chi connectivity index (χ1) is 9.84. The van der Waals surface area contributed by atoms with Crippen LogP contribution in [0.4, 0.5) is 14.5 Å². The van der Waals surface area contributed by atoms with E-state index in [2.05, 4.69) is 21.2 Å². The van der Waals surface area contributed by atoms with Crippen molar-refractivity contribution in [3.63, 3.8) is 0 Å². The van der Waals surface area contributed by atoms with Gasteiger partial charge in [0.2, 0.25) is 0 Å². The Morgan fingerprint density at radius 3 is 2.48 bits per heavy atom. The Bertz CT molecular complexity index is 642. The van der Waals surface area contributed by atoms with Crippen molar-refractivity contribution in [2.45, 2.75) is 19.4 Å². The summed E-state index contributed by atoms with van der Waals surface area (Å²) in [6.07, 6.45) is 0. The lowest BCUT2D eigenvalue weighted by atomic mass is 9.92. The van der Waals surface area contributed by atoms with Crippen molar-refractivity contribution in [3.8, 4) is 0 Å². The summed E-state index contributed by atoms with van der Waals surface area (Å²) in [6.45, 7) is 3.10. The molecule has 5 heteroatoms. The average Bonchev–Trinajstić information content (AvgIpc) is 2.37. The molecule has 0 aromatic heterocycles. The molecule has 0 spiro atoms. The van der Waals surface area contributed by atoms with E-state index in [1.165, 1.54) is 18.2 Å². The van der Waals surface area contributed by atoms with Gasteiger partial charge < -0.3 is 10.4 Å². The molecule has 1 unspecified atom stereocenters. The van der Waals surface area contributed by atoms with Crippen LogP contribution < -0.4 is 5.32 Å². The van der Waals surface area contributed by atoms with Gasteiger partial charge in [-0.2, -0.15) is 0 Å². The standard InChI is InChI=1S/C16H16BrF2NO/c1-10-5-12(18)8-13(6-10)20-16(2,9-21)14-4-3-11(17)7-15(14)19/h3-8,20-21H,9H2,1-2H3. The minimum absolute atomic E-state index is 0.315. The van der Waals surface area contributed by atoms with Crippen LogP contribution in [0.2, 0.25) is 0 Å². The molecule has 0 aliphatic heterocycles. The SMILES string of the molecule is Cc1cc(F)cc(NC(C)(CO)c2ccc(Br)cc2F)c1. The van der Waals surface area contributed by atoms with E-state index in [0.717, 1.165) is 5.56 Å². The number of benzene rings is 2. The van der Waals surface area contributed by atoms with Crippen molar-refractivity contribution in [1.82, 2.24) is 0 Å². The quantitative estimate of drug-likeness (QED) is 0.854. The lowest BCUT2D eigenvalue weighted by Gasteiger charge is -2.31. The number of anilines is 1. The summed E-state index contributed by atoms with van der Waals surface area (Å²) >= 11 is 3.20. The summed E-state index contributed by atoms with van der Waals surface area (Å²) in [4.78, 5) is 0. The van der Waals surface area contributed by atoms with Crippen LogP contribution in [0.15, 0.2) is 40.9 Å². The third-order valence-corrected chi connectivity index (χ3v) is 3.80. The smallest absolute Gasteiger partial charge is 0.129 e. The van der Waals surface area contributed by atoms with Crippen molar-refractivity contribution in [2.75, 3.05) is 11.9 Å². The van der Waals surface area contributed by atoms with Gasteiger partial charge in [-0.25, -0.2) is 8.78 Å². The van der Waals surface area contributed by atoms with Gasteiger partial charge >= 0.3 is 0 Å². The molecule has 0 bridgehead atoms. The van der Waals surface area contributed by atoms with E-state index < -0.39 is 11.4 Å². The minimum atomic E-state index is -1.05. The van der Waals surface area contributed by atoms with Gasteiger partial charge in [-0.1, -0.05) is 22.0 Å². The first-order valence-electron chi connectivity index (χ1n) is 6.46. The van der Waals surface area contributed by atoms with E-state index in [0.29, 0.717) is 15.7 Å². The molecule has 2 N–H and O–H groups in total. The molecule has 2 aromatic rings. The topological polar surface area (TPSA) is 32.3 Å². The van der Waals surface area contributed by atoms with Crippen molar-refractivity contribution in [2.24, 2.45) is 0 Å². The van der Waals surface area contributed by atoms with Crippen molar-refractivity contribution in [1.29, 1.82) is 0 Å². The molecule has 0 radical (unpaired) electrons. The predicted molar refractivity (Wildman–Crippen MR) is 83.3 cm³/mol. The van der Waals surface area contributed by atoms with Crippen LogP contribution in [0.5, 0.6) is 0 Å². The van der Waals surface area contributed by atoms with Gasteiger partial charge in [-0.3, -0.25) is 0 Å². The summed E-state index contributed by atoms with van der Waals surface area (Å²) in [5.41, 5.74) is 0.501. The zero-order valence-electron chi connectivity index (χ0n) is 11.8. The highest BCUT2D eigenvalue weighted by Crippen LogP contribution is 2.30. The highest BCUT2D eigenvalue weighted by atomic mass is 79.9. The van der Waals surface area contributed by atoms with Crippen LogP contribution in [0.25, 0.3) is 0 Å². The first-order valence-corrected chi connectivity index (χ1v) is 7.25. The number of rotatable bonds is 4. The van der Waals surface area contributed by atoms with Crippen molar-refractivity contribution < 1.29 is 13.9 Å². The van der Waals surface area contributed by atoms with E-state index in [1.54, 1.807) is 32.0 Å². The highest BCUT2D eigenvalue weighted by Gasteiger charge is 2.29. The molecule has 21 heavy (non-hydrogen) atoms. The fourth-order valence-corrected chi connectivity index (χ4v) is 2.59. The Morgan fingerprint density at radius 1 is 1.19 bits per heavy atom. The molecule has 2 rings (SSSR count). The summed E-state index contributed by atoms with van der Waals surface area (Å²) in [5.74, 6) is -0.824. The number of aliphatic hydroxyl groups is 1. The molecular weight excluding hydrogens is 340 g/mol. The molecule has 0 saturated heterocycles. The van der Waals surface area contributed by atoms with E-state index in [4.69, 9.17) is 0 Å². The Balaban J connectivity index is 2.41. The predicted octanol–water partition coefficient (Wildman–Crippen LogP) is 4.36. The maximum absolute atomic E-state index is 14.1. The van der Waals surface area contributed by atoms with Crippen LogP contribution in [0, 0.1) is 18.6 Å². The zero-order chi connectivity index (χ0) is 15.6. The Morgan fingerprint density at radius 2 is 1.90 bits per heavy atom. The lowest BCUT2D eigenvalue weighted by Crippen LogP contribution is -2.36. The monoisotopic (exact) mass is 355 g/mol. The number of aliphatic hydroxyl groups excluding tert-OH is 1. The third-order valence-electron chi connectivity index (χ3n) is 3.30. The van der Waals surface area contributed by atoms with Crippen molar-refractivity contribution in [3.05, 3.63) is 63.6 Å². The van der Waals surface area contributed by atoms with Gasteiger partial charge in [0.05, 0.1) is 12.1 Å². The van der Waals surface area contributed by atoms with Gasteiger partial charge in [-0.15, -0.1) is 0 Å². The van der Waals surface area contributed by atoms with Crippen LogP contribution in [0.3, 0.4) is 0 Å². The first kappa shape index (κ1) is 15.9. The third kappa shape index (κ3) is 3.60. The van der Waals surface area contributed by atoms with Gasteiger partial charge in [0, 0.05) is 15.7 Å². The van der Waals surface area contributed by atoms with E-state index >= 15 is 0 Å². The van der Waals surface area contributed by atoms with Gasteiger partial charge in [0.25, 0.3) is 0 Å². The molecule has 0 saturated carbocycles. The fourth-order valence-electron chi connectivity index (χ4n) is 2.26. The fraction of sp³-hybridized carbons (Fsp3) is 0.250. The molecular formula is C16H16BrF2NO. The van der Waals surface area contributed by atoms with Crippen molar-refractivity contribution >= 4 is 21.6 Å². The van der Waals surface area contributed by atoms with Gasteiger partial charge in [-0.05, 0) is 49.7 Å². The average molecular weight is 356 g/mol. The molecule has 2 nitrogen and oxygen atoms in total. The lowest BCUT2D eigenvalue weighted by molar-refractivity contribution is 0.220. The van der Waals surface area contributed by atoms with E-state index in [9.17, 15) is 13.9 Å². The van der Waals surface area contributed by atoms with E-state index in [1.807, 2.05) is 0 Å². The maximum Gasteiger partial charge on any atom is 0.129 e. The summed E-state index contributed by atoms with van der Waals surface area (Å²) in [6, 6.07) is 9.09. The molecule has 112 valence electrons. The Hall–Kier alpha value is -1.46. The molecule has 0 aliphatic carbocycles. The molecule has 1 atom stereocenters. The number of hydrogen-bond acceptors (Lipinski definition) is 2. The van der Waals surface area contributed by atoms with E-state index in [-0.39, 0.29) is 12.4 Å². The minimum Gasteiger partial charge on any atom is -0.394 e. The number of halogens is 3. The Labute approximate surface area is 130 Å². The normalized spacial score (nSPS) is 13.8.